The number of hydrogen-bond donors (Lipinski definition) is 5. The number of phosphoric ester groups is 1. The first kappa shape index (κ1) is 33.3. The van der Waals surface area contributed by atoms with Gasteiger partial charge in [-0.05, 0) is 20.3 Å². The van der Waals surface area contributed by atoms with E-state index in [0.29, 0.717) is 13.0 Å². The highest BCUT2D eigenvalue weighted by molar-refractivity contribution is 14.1. The molecule has 0 aliphatic carbocycles. The molecule has 1 amide bonds. The van der Waals surface area contributed by atoms with Gasteiger partial charge in [0.2, 0.25) is 5.91 Å². The highest BCUT2D eigenvalue weighted by Gasteiger charge is 2.42. The van der Waals surface area contributed by atoms with E-state index in [-0.39, 0.29) is 23.0 Å². The van der Waals surface area contributed by atoms with Crippen molar-refractivity contribution in [2.24, 2.45) is 0 Å². The first-order chi connectivity index (χ1) is 15.4. The first-order valence-electron chi connectivity index (χ1n) is 9.38. The largest absolute Gasteiger partial charge is 0.490 e. The second-order valence-electron chi connectivity index (χ2n) is 7.34. The van der Waals surface area contributed by atoms with Gasteiger partial charge in [0.15, 0.2) is 0 Å². The highest BCUT2D eigenvalue weighted by Crippen LogP contribution is 2.66. The summed E-state index contributed by atoms with van der Waals surface area (Å²) in [5.41, 5.74) is 0. The maximum Gasteiger partial charge on any atom is 0.490 e. The lowest BCUT2D eigenvalue weighted by molar-refractivity contribution is -0.120. The summed E-state index contributed by atoms with van der Waals surface area (Å²) < 4.78 is 57.3. The van der Waals surface area contributed by atoms with Crippen LogP contribution in [-0.4, -0.2) is 79.8 Å². The smallest absolute Gasteiger partial charge is 0.380 e. The van der Waals surface area contributed by atoms with E-state index < -0.39 is 48.3 Å². The maximum atomic E-state index is 11.9. The zero-order valence-electron chi connectivity index (χ0n) is 18.1. The third-order valence-corrected chi connectivity index (χ3v) is 11.0. The fraction of sp³-hybridized carbons (Fsp3) is 0.923. The van der Waals surface area contributed by atoms with E-state index in [1.807, 2.05) is 13.8 Å². The summed E-state index contributed by atoms with van der Waals surface area (Å²) in [7, 11) is -7.79. The van der Waals surface area contributed by atoms with E-state index in [9.17, 15) is 28.3 Å². The molecular formula is C13H26BINO13P3S2. The average Bonchev–Trinajstić information content (AvgIpc) is 2.99. The van der Waals surface area contributed by atoms with E-state index in [1.165, 1.54) is 21.6 Å². The Morgan fingerprint density at radius 1 is 1.21 bits per heavy atom. The van der Waals surface area contributed by atoms with Crippen molar-refractivity contribution >= 4 is 81.4 Å². The summed E-state index contributed by atoms with van der Waals surface area (Å²) in [5, 5.41) is 2.85. The topological polar surface area (TPSA) is 207 Å². The number of alkyl halides is 1. The molecule has 5 N–H and O–H groups in total. The molecule has 1 heterocycles. The third kappa shape index (κ3) is 14.9. The molecule has 0 aromatic heterocycles. The van der Waals surface area contributed by atoms with Crippen molar-refractivity contribution in [1.82, 2.24) is 5.32 Å². The quantitative estimate of drug-likeness (QED) is 0.0297. The van der Waals surface area contributed by atoms with Crippen molar-refractivity contribution in [3.8, 4) is 0 Å². The summed E-state index contributed by atoms with van der Waals surface area (Å²) in [6, 6.07) is -0.762. The second-order valence-corrected chi connectivity index (χ2v) is 15.8. The molecule has 21 heteroatoms. The molecule has 2 radical (unpaired) electrons. The lowest BCUT2D eigenvalue weighted by atomic mass is 9.96. The molecule has 34 heavy (non-hydrogen) atoms. The zero-order valence-corrected chi connectivity index (χ0v) is 24.5. The Bertz CT molecular complexity index is 821. The van der Waals surface area contributed by atoms with Crippen molar-refractivity contribution in [1.29, 1.82) is 0 Å². The number of halogens is 1. The van der Waals surface area contributed by atoms with Gasteiger partial charge in [-0.2, -0.15) is 8.62 Å². The summed E-state index contributed by atoms with van der Waals surface area (Å²) in [4.78, 5) is 47.4. The van der Waals surface area contributed by atoms with Crippen molar-refractivity contribution in [2.75, 3.05) is 23.5 Å². The Morgan fingerprint density at radius 3 is 2.44 bits per heavy atom. The number of carbonyl (C=O) groups excluding carboxylic acids is 1. The van der Waals surface area contributed by atoms with Crippen LogP contribution in [0.2, 0.25) is 0 Å². The van der Waals surface area contributed by atoms with Gasteiger partial charge in [0, 0.05) is 28.1 Å². The fourth-order valence-corrected chi connectivity index (χ4v) is 8.05. The SMILES string of the molecule is [B][C@H]1CC(OCSSC(C)(C)CNC(=O)CCI)[C@@H](COP(=O)(O)OP(=O)(O)OP(=O)(O)O)O1. The molecule has 0 spiro atoms. The molecule has 1 aliphatic rings. The molecular weight excluding hydrogens is 673 g/mol. The number of phosphoric acid groups is 3. The van der Waals surface area contributed by atoms with Crippen LogP contribution in [0.4, 0.5) is 0 Å². The van der Waals surface area contributed by atoms with Crippen LogP contribution in [0.5, 0.6) is 0 Å². The van der Waals surface area contributed by atoms with Crippen LogP contribution < -0.4 is 5.32 Å². The van der Waals surface area contributed by atoms with Gasteiger partial charge in [0.1, 0.15) is 19.9 Å². The molecule has 198 valence electrons. The van der Waals surface area contributed by atoms with Crippen molar-refractivity contribution in [3.63, 3.8) is 0 Å². The van der Waals surface area contributed by atoms with Gasteiger partial charge in [-0.15, -0.1) is 0 Å². The molecule has 1 rings (SSSR count). The minimum absolute atomic E-state index is 0.0275. The van der Waals surface area contributed by atoms with Crippen molar-refractivity contribution in [2.45, 2.75) is 49.6 Å². The lowest BCUT2D eigenvalue weighted by Crippen LogP contribution is -2.36. The minimum Gasteiger partial charge on any atom is -0.380 e. The monoisotopic (exact) mass is 699 g/mol. The highest BCUT2D eigenvalue weighted by atomic mass is 127. The fourth-order valence-electron chi connectivity index (χ4n) is 2.36. The third-order valence-electron chi connectivity index (χ3n) is 3.69. The van der Waals surface area contributed by atoms with E-state index in [4.69, 9.17) is 27.1 Å². The summed E-state index contributed by atoms with van der Waals surface area (Å²) in [5.74, 6) is 0.155. The summed E-state index contributed by atoms with van der Waals surface area (Å²) in [6.07, 6.45) is -0.917. The molecule has 0 saturated carbocycles. The molecule has 0 bridgehead atoms. The van der Waals surface area contributed by atoms with E-state index in [0.717, 1.165) is 4.43 Å². The molecule has 1 saturated heterocycles. The summed E-state index contributed by atoms with van der Waals surface area (Å²) >= 11 is 2.12. The van der Waals surface area contributed by atoms with E-state index >= 15 is 0 Å². The predicted molar refractivity (Wildman–Crippen MR) is 134 cm³/mol. The van der Waals surface area contributed by atoms with Crippen molar-refractivity contribution < 1.29 is 60.7 Å². The Balaban J connectivity index is 2.48. The number of nitrogens with one attached hydrogen (secondary N) is 1. The van der Waals surface area contributed by atoms with Crippen LogP contribution in [-0.2, 0) is 41.1 Å². The zero-order chi connectivity index (χ0) is 26.2. The van der Waals surface area contributed by atoms with E-state index in [2.05, 4.69) is 41.1 Å². The minimum atomic E-state index is -5.61. The molecule has 14 nitrogen and oxygen atoms in total. The number of carbonyl (C=O) groups is 1. The number of hydrogen-bond acceptors (Lipinski definition) is 11. The van der Waals surface area contributed by atoms with Crippen LogP contribution in [0, 0.1) is 0 Å². The number of rotatable bonds is 16. The molecule has 1 aliphatic heterocycles. The normalized spacial score (nSPS) is 25.0. The van der Waals surface area contributed by atoms with E-state index in [1.54, 1.807) is 0 Å². The molecule has 5 atom stereocenters. The van der Waals surface area contributed by atoms with Crippen LogP contribution in [0.15, 0.2) is 0 Å². The van der Waals surface area contributed by atoms with Gasteiger partial charge < -0.3 is 34.4 Å². The second kappa shape index (κ2) is 14.4. The van der Waals surface area contributed by atoms with Crippen LogP contribution in [0.3, 0.4) is 0 Å². The standard InChI is InChI=1S/C13H26BINO13P3S2/c1-13(2,7-16-12(17)3-4-15)34-33-8-25-9-5-11(14)27-10(9)6-26-31(21,22)29-32(23,24)28-30(18,19)20/h9-11H,3-8H2,1-2H3,(H,16,17)(H,21,22)(H,23,24)(H2,18,19,20)/t9?,10-,11-/m1/s1. The van der Waals surface area contributed by atoms with Gasteiger partial charge in [0.25, 0.3) is 0 Å². The number of amides is 1. The lowest BCUT2D eigenvalue weighted by Gasteiger charge is -2.24. The Hall–Kier alpha value is 1.29. The Kier molecular flexibility index (Phi) is 14.2. The van der Waals surface area contributed by atoms with Crippen LogP contribution in [0.1, 0.15) is 26.7 Å². The van der Waals surface area contributed by atoms with Crippen LogP contribution >= 0.6 is 67.6 Å². The van der Waals surface area contributed by atoms with Crippen molar-refractivity contribution in [3.05, 3.63) is 0 Å². The average molecular weight is 699 g/mol. The Morgan fingerprint density at radius 2 is 1.85 bits per heavy atom. The van der Waals surface area contributed by atoms with Crippen LogP contribution in [0.25, 0.3) is 0 Å². The molecule has 0 aromatic carbocycles. The maximum absolute atomic E-state index is 11.9. The van der Waals surface area contributed by atoms with Gasteiger partial charge in [-0.3, -0.25) is 9.32 Å². The molecule has 0 aromatic rings. The van der Waals surface area contributed by atoms with Gasteiger partial charge in [-0.25, -0.2) is 13.7 Å². The Labute approximate surface area is 219 Å². The van der Waals surface area contributed by atoms with Gasteiger partial charge >= 0.3 is 23.5 Å². The van der Waals surface area contributed by atoms with Gasteiger partial charge in [-0.1, -0.05) is 44.2 Å². The summed E-state index contributed by atoms with van der Waals surface area (Å²) in [6.45, 7) is 3.72. The predicted octanol–water partition coefficient (Wildman–Crippen LogP) is 2.06. The van der Waals surface area contributed by atoms with Gasteiger partial charge in [0.05, 0.1) is 12.7 Å². The number of ether oxygens (including phenoxy) is 2. The molecule has 1 fully saturated rings. The molecule has 3 unspecified atom stereocenters. The first-order valence-corrected chi connectivity index (χ1v) is 17.7.